The molecule has 0 amide bonds. The number of aryl methyl sites for hydroxylation is 2. The summed E-state index contributed by atoms with van der Waals surface area (Å²) in [6.07, 6.45) is 3.36. The van der Waals surface area contributed by atoms with Gasteiger partial charge < -0.3 is 9.72 Å². The maximum atomic E-state index is 4.72. The molecule has 1 N–H and O–H groups in total. The third kappa shape index (κ3) is 2.51. The Morgan fingerprint density at radius 2 is 2.16 bits per heavy atom. The van der Waals surface area contributed by atoms with E-state index < -0.39 is 0 Å². The average molecular weight is 258 g/mol. The summed E-state index contributed by atoms with van der Waals surface area (Å²) >= 11 is 0. The Labute approximate surface area is 114 Å². The van der Waals surface area contributed by atoms with Gasteiger partial charge in [-0.25, -0.2) is 4.98 Å². The first-order chi connectivity index (χ1) is 9.25. The molecule has 1 aliphatic rings. The molecule has 0 atom stereocenters. The molecule has 4 heteroatoms. The molecular formula is C15H22N4. The molecule has 0 bridgehead atoms. The molecule has 0 unspecified atom stereocenters. The van der Waals surface area contributed by atoms with Gasteiger partial charge in [-0.2, -0.15) is 0 Å². The molecule has 0 radical (unpaired) electrons. The van der Waals surface area contributed by atoms with Gasteiger partial charge >= 0.3 is 0 Å². The van der Waals surface area contributed by atoms with Crippen molar-refractivity contribution in [1.82, 2.24) is 19.6 Å². The first-order valence-electron chi connectivity index (χ1n) is 7.12. The van der Waals surface area contributed by atoms with Gasteiger partial charge in [0.15, 0.2) is 0 Å². The van der Waals surface area contributed by atoms with Crippen LogP contribution in [0.15, 0.2) is 18.3 Å². The van der Waals surface area contributed by atoms with Crippen LogP contribution in [-0.4, -0.2) is 40.5 Å². The fraction of sp³-hybridized carbons (Fsp3) is 0.533. The monoisotopic (exact) mass is 258 g/mol. The highest BCUT2D eigenvalue weighted by Gasteiger charge is 2.15. The number of hydrogen-bond acceptors (Lipinski definition) is 3. The van der Waals surface area contributed by atoms with Crippen molar-refractivity contribution >= 4 is 5.65 Å². The van der Waals surface area contributed by atoms with Gasteiger partial charge in [-0.3, -0.25) is 4.90 Å². The number of fused-ring (bicyclic) bond motifs is 1. The standard InChI is InChI=1S/C15H22N4/c1-12-5-3-9-19-14(13(2)17-15(12)19)11-18-8-4-6-16-7-10-18/h3,5,9,16H,4,6-8,10-11H2,1-2H3. The molecule has 3 heterocycles. The summed E-state index contributed by atoms with van der Waals surface area (Å²) in [5, 5.41) is 3.45. The van der Waals surface area contributed by atoms with Gasteiger partial charge in [0, 0.05) is 25.8 Å². The van der Waals surface area contributed by atoms with Gasteiger partial charge in [-0.05, 0) is 45.0 Å². The number of imidazole rings is 1. The number of nitrogens with zero attached hydrogens (tertiary/aromatic N) is 3. The van der Waals surface area contributed by atoms with Crippen LogP contribution in [-0.2, 0) is 6.54 Å². The van der Waals surface area contributed by atoms with Crippen LogP contribution in [0.1, 0.15) is 23.4 Å². The van der Waals surface area contributed by atoms with Crippen LogP contribution in [0.5, 0.6) is 0 Å². The van der Waals surface area contributed by atoms with Gasteiger partial charge in [-0.1, -0.05) is 6.07 Å². The maximum Gasteiger partial charge on any atom is 0.140 e. The summed E-state index contributed by atoms with van der Waals surface area (Å²) in [6, 6.07) is 4.23. The van der Waals surface area contributed by atoms with Crippen LogP contribution in [0.4, 0.5) is 0 Å². The molecule has 1 aliphatic heterocycles. The van der Waals surface area contributed by atoms with E-state index in [4.69, 9.17) is 4.98 Å². The van der Waals surface area contributed by atoms with E-state index >= 15 is 0 Å². The number of aromatic nitrogens is 2. The summed E-state index contributed by atoms with van der Waals surface area (Å²) in [5.74, 6) is 0. The van der Waals surface area contributed by atoms with E-state index in [1.165, 1.54) is 24.2 Å². The van der Waals surface area contributed by atoms with Crippen molar-refractivity contribution in [3.05, 3.63) is 35.3 Å². The summed E-state index contributed by atoms with van der Waals surface area (Å²) in [4.78, 5) is 7.25. The molecule has 2 aromatic heterocycles. The first-order valence-corrected chi connectivity index (χ1v) is 7.12. The van der Waals surface area contributed by atoms with E-state index in [-0.39, 0.29) is 0 Å². The van der Waals surface area contributed by atoms with Crippen molar-refractivity contribution < 1.29 is 0 Å². The van der Waals surface area contributed by atoms with E-state index in [0.29, 0.717) is 0 Å². The summed E-state index contributed by atoms with van der Waals surface area (Å²) in [6.45, 7) is 9.78. The van der Waals surface area contributed by atoms with E-state index in [2.05, 4.69) is 46.8 Å². The Hall–Kier alpha value is -1.39. The Balaban J connectivity index is 1.91. The highest BCUT2D eigenvalue weighted by molar-refractivity contribution is 5.50. The molecule has 0 aliphatic carbocycles. The highest BCUT2D eigenvalue weighted by atomic mass is 15.2. The van der Waals surface area contributed by atoms with Crippen LogP contribution >= 0.6 is 0 Å². The van der Waals surface area contributed by atoms with Gasteiger partial charge in [0.2, 0.25) is 0 Å². The van der Waals surface area contributed by atoms with Crippen LogP contribution in [0, 0.1) is 13.8 Å². The lowest BCUT2D eigenvalue weighted by Gasteiger charge is -2.19. The minimum atomic E-state index is 0.998. The first kappa shape index (κ1) is 12.6. The van der Waals surface area contributed by atoms with Crippen molar-refractivity contribution in [2.24, 2.45) is 0 Å². The molecule has 3 rings (SSSR count). The highest BCUT2D eigenvalue weighted by Crippen LogP contribution is 2.17. The normalized spacial score (nSPS) is 17.8. The molecule has 102 valence electrons. The van der Waals surface area contributed by atoms with Crippen molar-refractivity contribution in [2.75, 3.05) is 26.2 Å². The zero-order valence-corrected chi connectivity index (χ0v) is 11.8. The minimum Gasteiger partial charge on any atom is -0.315 e. The Morgan fingerprint density at radius 3 is 3.05 bits per heavy atom. The summed E-state index contributed by atoms with van der Waals surface area (Å²) in [5.41, 5.74) is 4.84. The van der Waals surface area contributed by atoms with E-state index in [9.17, 15) is 0 Å². The third-order valence-electron chi connectivity index (χ3n) is 3.95. The molecule has 19 heavy (non-hydrogen) atoms. The third-order valence-corrected chi connectivity index (χ3v) is 3.95. The van der Waals surface area contributed by atoms with E-state index in [1.54, 1.807) is 0 Å². The van der Waals surface area contributed by atoms with Crippen LogP contribution in [0.25, 0.3) is 5.65 Å². The number of pyridine rings is 1. The molecule has 4 nitrogen and oxygen atoms in total. The Kier molecular flexibility index (Phi) is 3.53. The zero-order valence-electron chi connectivity index (χ0n) is 11.8. The van der Waals surface area contributed by atoms with Crippen molar-refractivity contribution in [3.8, 4) is 0 Å². The predicted octanol–water partition coefficient (Wildman–Crippen LogP) is 1.75. The summed E-state index contributed by atoms with van der Waals surface area (Å²) in [7, 11) is 0. The molecule has 1 saturated heterocycles. The van der Waals surface area contributed by atoms with Gasteiger partial charge in [0.1, 0.15) is 5.65 Å². The van der Waals surface area contributed by atoms with Gasteiger partial charge in [-0.15, -0.1) is 0 Å². The van der Waals surface area contributed by atoms with Crippen molar-refractivity contribution in [3.63, 3.8) is 0 Å². The van der Waals surface area contributed by atoms with E-state index in [1.807, 2.05) is 0 Å². The summed E-state index contributed by atoms with van der Waals surface area (Å²) < 4.78 is 2.25. The largest absolute Gasteiger partial charge is 0.315 e. The van der Waals surface area contributed by atoms with E-state index in [0.717, 1.165) is 37.5 Å². The Bertz CT molecular complexity index is 565. The quantitative estimate of drug-likeness (QED) is 0.890. The number of rotatable bonds is 2. The SMILES string of the molecule is Cc1nc2c(C)cccn2c1CN1CCCNCC1. The van der Waals surface area contributed by atoms with Gasteiger partial charge in [0.25, 0.3) is 0 Å². The second-order valence-corrected chi connectivity index (χ2v) is 5.41. The number of hydrogen-bond donors (Lipinski definition) is 1. The minimum absolute atomic E-state index is 0.998. The Morgan fingerprint density at radius 1 is 1.26 bits per heavy atom. The fourth-order valence-corrected chi connectivity index (χ4v) is 2.83. The predicted molar refractivity (Wildman–Crippen MR) is 77.4 cm³/mol. The maximum absolute atomic E-state index is 4.72. The average Bonchev–Trinajstić information content (AvgIpc) is 2.60. The van der Waals surface area contributed by atoms with Crippen LogP contribution in [0.2, 0.25) is 0 Å². The number of nitrogens with one attached hydrogen (secondary N) is 1. The molecular weight excluding hydrogens is 236 g/mol. The van der Waals surface area contributed by atoms with Crippen LogP contribution in [0.3, 0.4) is 0 Å². The fourth-order valence-electron chi connectivity index (χ4n) is 2.83. The second kappa shape index (κ2) is 5.31. The molecule has 2 aromatic rings. The molecule has 0 aromatic carbocycles. The lowest BCUT2D eigenvalue weighted by Crippen LogP contribution is -2.28. The molecule has 0 saturated carbocycles. The lowest BCUT2D eigenvalue weighted by molar-refractivity contribution is 0.279. The smallest absolute Gasteiger partial charge is 0.140 e. The zero-order chi connectivity index (χ0) is 13.2. The van der Waals surface area contributed by atoms with Crippen LogP contribution < -0.4 is 5.32 Å². The van der Waals surface area contributed by atoms with Gasteiger partial charge in [0.05, 0.1) is 11.4 Å². The molecule has 0 spiro atoms. The lowest BCUT2D eigenvalue weighted by atomic mass is 10.3. The van der Waals surface area contributed by atoms with Crippen molar-refractivity contribution in [2.45, 2.75) is 26.8 Å². The van der Waals surface area contributed by atoms with Crippen molar-refractivity contribution in [1.29, 1.82) is 0 Å². The second-order valence-electron chi connectivity index (χ2n) is 5.41. The topological polar surface area (TPSA) is 32.6 Å². The molecule has 1 fully saturated rings.